The van der Waals surface area contributed by atoms with E-state index in [2.05, 4.69) is 0 Å². The number of aliphatic hydroxyl groups excluding tert-OH is 1. The zero-order chi connectivity index (χ0) is 12.9. The van der Waals surface area contributed by atoms with Crippen LogP contribution < -0.4 is 0 Å². The summed E-state index contributed by atoms with van der Waals surface area (Å²) in [6.45, 7) is 1.50. The van der Waals surface area contributed by atoms with Crippen LogP contribution in [-0.4, -0.2) is 22.9 Å². The Morgan fingerprint density at radius 3 is 2.53 bits per heavy atom. The van der Waals surface area contributed by atoms with E-state index in [1.54, 1.807) is 30.3 Å². The zero-order valence-corrected chi connectivity index (χ0v) is 9.44. The van der Waals surface area contributed by atoms with Crippen molar-refractivity contribution >= 4 is 5.78 Å². The van der Waals surface area contributed by atoms with Crippen molar-refractivity contribution in [1.82, 2.24) is 0 Å². The molecule has 0 aliphatic heterocycles. The van der Waals surface area contributed by atoms with Crippen LogP contribution in [0, 0.1) is 0 Å². The molecule has 0 aliphatic rings. The fourth-order valence-electron chi connectivity index (χ4n) is 1.37. The zero-order valence-electron chi connectivity index (χ0n) is 9.44. The summed E-state index contributed by atoms with van der Waals surface area (Å²) in [6.07, 6.45) is -0.261. The summed E-state index contributed by atoms with van der Waals surface area (Å²) in [5.41, 5.74) is 0.504. The summed E-state index contributed by atoms with van der Waals surface area (Å²) >= 11 is 0. The van der Waals surface area contributed by atoms with Gasteiger partial charge < -0.3 is 5.11 Å². The fourth-order valence-corrected chi connectivity index (χ4v) is 1.37. The highest BCUT2D eigenvalue weighted by atomic mass is 19.3. The number of benzene rings is 1. The van der Waals surface area contributed by atoms with Crippen molar-refractivity contribution in [2.75, 3.05) is 0 Å². The first kappa shape index (κ1) is 13.5. The first-order chi connectivity index (χ1) is 7.98. The summed E-state index contributed by atoms with van der Waals surface area (Å²) in [6, 6.07) is 8.26. The summed E-state index contributed by atoms with van der Waals surface area (Å²) in [5.74, 6) is -5.03. The van der Waals surface area contributed by atoms with Crippen LogP contribution in [0.1, 0.15) is 12.5 Å². The quantitative estimate of drug-likeness (QED) is 0.802. The van der Waals surface area contributed by atoms with E-state index < -0.39 is 17.8 Å². The predicted molar refractivity (Wildman–Crippen MR) is 60.9 cm³/mol. The fraction of sp³-hybridized carbons (Fsp3) is 0.308. The molecule has 1 atom stereocenters. The molecule has 1 unspecified atom stereocenters. The van der Waals surface area contributed by atoms with Gasteiger partial charge in [0.1, 0.15) is 6.10 Å². The van der Waals surface area contributed by atoms with Crippen LogP contribution in [-0.2, 0) is 11.2 Å². The molecule has 1 aromatic carbocycles. The molecule has 0 fully saturated rings. The molecule has 17 heavy (non-hydrogen) atoms. The third kappa shape index (κ3) is 3.46. The summed E-state index contributed by atoms with van der Waals surface area (Å²) in [7, 11) is 0. The molecule has 0 radical (unpaired) electrons. The Kier molecular flexibility index (Phi) is 4.52. The molecule has 4 heteroatoms. The van der Waals surface area contributed by atoms with Gasteiger partial charge in [-0.1, -0.05) is 42.5 Å². The molecule has 0 amide bonds. The highest BCUT2D eigenvalue weighted by Gasteiger charge is 2.44. The van der Waals surface area contributed by atoms with E-state index in [4.69, 9.17) is 5.11 Å². The van der Waals surface area contributed by atoms with Gasteiger partial charge in [-0.15, -0.1) is 0 Å². The smallest absolute Gasteiger partial charge is 0.334 e. The normalized spacial score (nSPS) is 13.9. The Bertz CT molecular complexity index is 399. The molecule has 0 aromatic heterocycles. The molecular weight excluding hydrogens is 226 g/mol. The number of ketones is 1. The van der Waals surface area contributed by atoms with E-state index in [0.717, 1.165) is 6.08 Å². The van der Waals surface area contributed by atoms with Crippen LogP contribution in [0.5, 0.6) is 0 Å². The molecule has 0 saturated carbocycles. The van der Waals surface area contributed by atoms with Gasteiger partial charge in [0.05, 0.1) is 0 Å². The Morgan fingerprint density at radius 1 is 1.41 bits per heavy atom. The third-order valence-electron chi connectivity index (χ3n) is 2.33. The van der Waals surface area contributed by atoms with Gasteiger partial charge >= 0.3 is 5.92 Å². The average Bonchev–Trinajstić information content (AvgIpc) is 2.30. The highest BCUT2D eigenvalue weighted by Crippen LogP contribution is 2.23. The second-order valence-corrected chi connectivity index (χ2v) is 3.68. The average molecular weight is 240 g/mol. The highest BCUT2D eigenvalue weighted by molar-refractivity contribution is 5.88. The number of hydrogen-bond donors (Lipinski definition) is 1. The number of allylic oxidation sites excluding steroid dienone is 1. The van der Waals surface area contributed by atoms with Gasteiger partial charge in [-0.3, -0.25) is 4.79 Å². The van der Waals surface area contributed by atoms with Crippen LogP contribution in [0.3, 0.4) is 0 Å². The minimum atomic E-state index is -3.75. The number of rotatable bonds is 5. The maximum atomic E-state index is 13.4. The van der Waals surface area contributed by atoms with Gasteiger partial charge in [-0.2, -0.15) is 8.78 Å². The molecule has 0 aliphatic carbocycles. The molecular formula is C13H14F2O2. The predicted octanol–water partition coefficient (Wildman–Crippen LogP) is 2.37. The van der Waals surface area contributed by atoms with Crippen molar-refractivity contribution in [3.8, 4) is 0 Å². The molecule has 1 N–H and O–H groups in total. The van der Waals surface area contributed by atoms with E-state index in [0.29, 0.717) is 5.56 Å². The number of carbonyl (C=O) groups excluding carboxylic acids is 1. The van der Waals surface area contributed by atoms with Gasteiger partial charge in [0.25, 0.3) is 0 Å². The Balaban J connectivity index is 2.76. The molecule has 2 nitrogen and oxygen atoms in total. The maximum Gasteiger partial charge on any atom is 0.334 e. The Morgan fingerprint density at radius 2 is 2.00 bits per heavy atom. The monoisotopic (exact) mass is 240 g/mol. The summed E-state index contributed by atoms with van der Waals surface area (Å²) in [5, 5.41) is 9.17. The van der Waals surface area contributed by atoms with Crippen LogP contribution in [0.15, 0.2) is 42.5 Å². The van der Waals surface area contributed by atoms with Crippen LogP contribution in [0.4, 0.5) is 8.78 Å². The SMILES string of the molecule is C/C=C/C(O)C(F)(F)C(=O)Cc1ccccc1. The van der Waals surface area contributed by atoms with Crippen molar-refractivity contribution in [2.24, 2.45) is 0 Å². The van der Waals surface area contributed by atoms with Crippen molar-refractivity contribution in [3.63, 3.8) is 0 Å². The van der Waals surface area contributed by atoms with E-state index in [1.807, 2.05) is 0 Å². The maximum absolute atomic E-state index is 13.4. The number of halogens is 2. The van der Waals surface area contributed by atoms with E-state index >= 15 is 0 Å². The number of aliphatic hydroxyl groups is 1. The number of hydrogen-bond acceptors (Lipinski definition) is 2. The second-order valence-electron chi connectivity index (χ2n) is 3.68. The lowest BCUT2D eigenvalue weighted by atomic mass is 10.0. The molecule has 0 bridgehead atoms. The van der Waals surface area contributed by atoms with Crippen LogP contribution >= 0.6 is 0 Å². The van der Waals surface area contributed by atoms with Gasteiger partial charge in [0.2, 0.25) is 5.78 Å². The van der Waals surface area contributed by atoms with Gasteiger partial charge in [-0.25, -0.2) is 0 Å². The first-order valence-electron chi connectivity index (χ1n) is 5.24. The second kappa shape index (κ2) is 5.68. The van der Waals surface area contributed by atoms with Gasteiger partial charge in [-0.05, 0) is 12.5 Å². The molecule has 0 heterocycles. The third-order valence-corrected chi connectivity index (χ3v) is 2.33. The molecule has 92 valence electrons. The Labute approximate surface area is 98.6 Å². The number of carbonyl (C=O) groups is 1. The lowest BCUT2D eigenvalue weighted by Gasteiger charge is -2.18. The van der Waals surface area contributed by atoms with Crippen molar-refractivity contribution in [1.29, 1.82) is 0 Å². The van der Waals surface area contributed by atoms with Gasteiger partial charge in [0, 0.05) is 6.42 Å². The van der Waals surface area contributed by atoms with Crippen molar-refractivity contribution < 1.29 is 18.7 Å². The van der Waals surface area contributed by atoms with E-state index in [-0.39, 0.29) is 6.42 Å². The van der Waals surface area contributed by atoms with Gasteiger partial charge in [0.15, 0.2) is 0 Å². The lowest BCUT2D eigenvalue weighted by molar-refractivity contribution is -0.154. The minimum absolute atomic E-state index is 0.386. The number of Topliss-reactive ketones (excluding diaryl/α,β-unsaturated/α-hetero) is 1. The summed E-state index contributed by atoms with van der Waals surface area (Å²) in [4.78, 5) is 11.4. The molecule has 1 aromatic rings. The lowest BCUT2D eigenvalue weighted by Crippen LogP contribution is -2.41. The van der Waals surface area contributed by atoms with E-state index in [1.165, 1.54) is 13.0 Å². The topological polar surface area (TPSA) is 37.3 Å². The van der Waals surface area contributed by atoms with Crippen molar-refractivity contribution in [3.05, 3.63) is 48.0 Å². The molecule has 0 spiro atoms. The largest absolute Gasteiger partial charge is 0.382 e. The number of alkyl halides is 2. The van der Waals surface area contributed by atoms with Crippen LogP contribution in [0.25, 0.3) is 0 Å². The standard InChI is InChI=1S/C13H14F2O2/c1-2-6-11(16)13(14,15)12(17)9-10-7-4-3-5-8-10/h2-8,11,16H,9H2,1H3/b6-2+. The molecule has 1 rings (SSSR count). The van der Waals surface area contributed by atoms with Crippen molar-refractivity contribution in [2.45, 2.75) is 25.4 Å². The summed E-state index contributed by atoms with van der Waals surface area (Å²) < 4.78 is 26.9. The first-order valence-corrected chi connectivity index (χ1v) is 5.24. The van der Waals surface area contributed by atoms with E-state index in [9.17, 15) is 13.6 Å². The Hall–Kier alpha value is -1.55. The minimum Gasteiger partial charge on any atom is -0.382 e. The van der Waals surface area contributed by atoms with Crippen LogP contribution in [0.2, 0.25) is 0 Å². The molecule has 0 saturated heterocycles.